The number of carbonyl (C=O) groups is 1. The largest absolute Gasteiger partial charge is 0.322 e. The van der Waals surface area contributed by atoms with Crippen LogP contribution in [0.5, 0.6) is 0 Å². The van der Waals surface area contributed by atoms with E-state index in [1.807, 2.05) is 52.0 Å². The van der Waals surface area contributed by atoms with Gasteiger partial charge in [0.15, 0.2) is 5.65 Å². The van der Waals surface area contributed by atoms with Crippen molar-refractivity contribution in [1.29, 1.82) is 0 Å². The minimum Gasteiger partial charge on any atom is -0.322 e. The Morgan fingerprint density at radius 3 is 2.64 bits per heavy atom. The molecule has 0 saturated heterocycles. The molecule has 0 bridgehead atoms. The number of aromatic nitrogens is 3. The van der Waals surface area contributed by atoms with E-state index in [0.717, 1.165) is 22.6 Å². The van der Waals surface area contributed by atoms with Crippen LogP contribution in [0.15, 0.2) is 30.5 Å². The van der Waals surface area contributed by atoms with Gasteiger partial charge in [0.25, 0.3) is 5.91 Å². The first-order valence-corrected chi connectivity index (χ1v) is 7.16. The molecule has 22 heavy (non-hydrogen) atoms. The molecule has 5 nitrogen and oxygen atoms in total. The van der Waals surface area contributed by atoms with Crippen LogP contribution in [-0.2, 0) is 0 Å². The van der Waals surface area contributed by atoms with E-state index < -0.39 is 0 Å². The molecule has 1 N–H and O–H groups in total. The standard InChI is InChI=1S/C17H18N4O/c1-10-5-6-15(11(2)7-10)20-17(22)14-9-18-21-13(4)8-12(3)19-16(14)21/h5-9H,1-4H3,(H,20,22). The Morgan fingerprint density at radius 1 is 1.14 bits per heavy atom. The first kappa shape index (κ1) is 14.3. The van der Waals surface area contributed by atoms with Gasteiger partial charge in [0, 0.05) is 17.1 Å². The van der Waals surface area contributed by atoms with Gasteiger partial charge in [0.05, 0.1) is 6.20 Å². The first-order chi connectivity index (χ1) is 10.5. The van der Waals surface area contributed by atoms with E-state index >= 15 is 0 Å². The van der Waals surface area contributed by atoms with E-state index in [1.165, 1.54) is 5.56 Å². The van der Waals surface area contributed by atoms with Crippen LogP contribution in [0.3, 0.4) is 0 Å². The molecule has 0 saturated carbocycles. The van der Waals surface area contributed by atoms with Gasteiger partial charge in [0.1, 0.15) is 5.56 Å². The maximum atomic E-state index is 12.5. The molecule has 1 aromatic carbocycles. The highest BCUT2D eigenvalue weighted by molar-refractivity contribution is 6.08. The molecule has 0 fully saturated rings. The van der Waals surface area contributed by atoms with Crippen LogP contribution in [0.2, 0.25) is 0 Å². The van der Waals surface area contributed by atoms with Crippen LogP contribution >= 0.6 is 0 Å². The average molecular weight is 294 g/mol. The number of carbonyl (C=O) groups excluding carboxylic acids is 1. The van der Waals surface area contributed by atoms with Gasteiger partial charge in [-0.3, -0.25) is 4.79 Å². The van der Waals surface area contributed by atoms with Crippen LogP contribution in [0.4, 0.5) is 5.69 Å². The van der Waals surface area contributed by atoms with Gasteiger partial charge in [-0.25, -0.2) is 9.50 Å². The Bertz CT molecular complexity index is 880. The fourth-order valence-corrected chi connectivity index (χ4v) is 2.57. The molecule has 3 rings (SSSR count). The lowest BCUT2D eigenvalue weighted by Crippen LogP contribution is -2.13. The van der Waals surface area contributed by atoms with Gasteiger partial charge >= 0.3 is 0 Å². The van der Waals surface area contributed by atoms with Crippen molar-refractivity contribution in [2.24, 2.45) is 0 Å². The summed E-state index contributed by atoms with van der Waals surface area (Å²) in [6.07, 6.45) is 1.56. The molecule has 0 radical (unpaired) electrons. The van der Waals surface area contributed by atoms with E-state index in [0.29, 0.717) is 11.2 Å². The molecular weight excluding hydrogens is 276 g/mol. The Balaban J connectivity index is 1.99. The molecule has 2 aromatic heterocycles. The molecule has 0 unspecified atom stereocenters. The van der Waals surface area contributed by atoms with Crippen molar-refractivity contribution in [3.8, 4) is 0 Å². The number of hydrogen-bond acceptors (Lipinski definition) is 3. The van der Waals surface area contributed by atoms with E-state index in [2.05, 4.69) is 15.4 Å². The molecule has 0 atom stereocenters. The number of aryl methyl sites for hydroxylation is 4. The van der Waals surface area contributed by atoms with E-state index in [4.69, 9.17) is 0 Å². The zero-order valence-corrected chi connectivity index (χ0v) is 13.1. The van der Waals surface area contributed by atoms with Crippen molar-refractivity contribution in [3.05, 3.63) is 58.5 Å². The number of fused-ring (bicyclic) bond motifs is 1. The fraction of sp³-hybridized carbons (Fsp3) is 0.235. The van der Waals surface area contributed by atoms with Crippen molar-refractivity contribution in [3.63, 3.8) is 0 Å². The molecule has 0 aliphatic rings. The summed E-state index contributed by atoms with van der Waals surface area (Å²) < 4.78 is 1.68. The van der Waals surface area contributed by atoms with Crippen LogP contribution in [0, 0.1) is 27.7 Å². The molecule has 2 heterocycles. The molecular formula is C17H18N4O. The predicted octanol–water partition coefficient (Wildman–Crippen LogP) is 3.22. The first-order valence-electron chi connectivity index (χ1n) is 7.16. The highest BCUT2D eigenvalue weighted by Crippen LogP contribution is 2.18. The number of hydrogen-bond donors (Lipinski definition) is 1. The SMILES string of the molecule is Cc1ccc(NC(=O)c2cnn3c(C)cc(C)nc23)c(C)c1. The minimum absolute atomic E-state index is 0.195. The second-order valence-electron chi connectivity index (χ2n) is 5.61. The Morgan fingerprint density at radius 2 is 1.91 bits per heavy atom. The van der Waals surface area contributed by atoms with E-state index in [1.54, 1.807) is 10.7 Å². The minimum atomic E-state index is -0.195. The smallest absolute Gasteiger partial charge is 0.261 e. The lowest BCUT2D eigenvalue weighted by Gasteiger charge is -2.08. The Hall–Kier alpha value is -2.69. The van der Waals surface area contributed by atoms with E-state index in [-0.39, 0.29) is 5.91 Å². The van der Waals surface area contributed by atoms with Crippen molar-refractivity contribution < 1.29 is 4.79 Å². The summed E-state index contributed by atoms with van der Waals surface area (Å²) in [4.78, 5) is 17.0. The number of amides is 1. The van der Waals surface area contributed by atoms with Crippen LogP contribution in [0.1, 0.15) is 32.9 Å². The number of benzene rings is 1. The second kappa shape index (κ2) is 5.26. The van der Waals surface area contributed by atoms with Gasteiger partial charge in [-0.05, 0) is 45.4 Å². The zero-order chi connectivity index (χ0) is 15.9. The van der Waals surface area contributed by atoms with Crippen molar-refractivity contribution >= 4 is 17.2 Å². The predicted molar refractivity (Wildman–Crippen MR) is 86.3 cm³/mol. The third-order valence-electron chi connectivity index (χ3n) is 3.65. The third-order valence-corrected chi connectivity index (χ3v) is 3.65. The van der Waals surface area contributed by atoms with Gasteiger partial charge < -0.3 is 5.32 Å². The molecule has 0 spiro atoms. The van der Waals surface area contributed by atoms with Gasteiger partial charge in [-0.2, -0.15) is 5.10 Å². The molecule has 5 heteroatoms. The van der Waals surface area contributed by atoms with E-state index in [9.17, 15) is 4.79 Å². The summed E-state index contributed by atoms with van der Waals surface area (Å²) in [5.74, 6) is -0.195. The summed E-state index contributed by atoms with van der Waals surface area (Å²) in [5, 5.41) is 7.19. The Labute approximate surface area is 129 Å². The van der Waals surface area contributed by atoms with Crippen LogP contribution in [0.25, 0.3) is 5.65 Å². The summed E-state index contributed by atoms with van der Waals surface area (Å²) in [7, 11) is 0. The highest BCUT2D eigenvalue weighted by atomic mass is 16.1. The van der Waals surface area contributed by atoms with Gasteiger partial charge in [0.2, 0.25) is 0 Å². The second-order valence-corrected chi connectivity index (χ2v) is 5.61. The third kappa shape index (κ3) is 2.45. The normalized spacial score (nSPS) is 10.9. The number of nitrogens with one attached hydrogen (secondary N) is 1. The molecule has 112 valence electrons. The average Bonchev–Trinajstić information content (AvgIpc) is 2.86. The monoisotopic (exact) mass is 294 g/mol. The maximum Gasteiger partial charge on any atom is 0.261 e. The molecule has 3 aromatic rings. The lowest BCUT2D eigenvalue weighted by atomic mass is 10.1. The highest BCUT2D eigenvalue weighted by Gasteiger charge is 2.16. The fourth-order valence-electron chi connectivity index (χ4n) is 2.57. The number of anilines is 1. The molecule has 0 aliphatic carbocycles. The summed E-state index contributed by atoms with van der Waals surface area (Å²) in [6.45, 7) is 7.86. The van der Waals surface area contributed by atoms with Gasteiger partial charge in [-0.15, -0.1) is 0 Å². The zero-order valence-electron chi connectivity index (χ0n) is 13.1. The molecule has 1 amide bonds. The van der Waals surface area contributed by atoms with Crippen molar-refractivity contribution in [2.75, 3.05) is 5.32 Å². The number of nitrogens with zero attached hydrogens (tertiary/aromatic N) is 3. The van der Waals surface area contributed by atoms with Crippen molar-refractivity contribution in [1.82, 2.24) is 14.6 Å². The number of rotatable bonds is 2. The van der Waals surface area contributed by atoms with Crippen molar-refractivity contribution in [2.45, 2.75) is 27.7 Å². The Kier molecular flexibility index (Phi) is 3.41. The van der Waals surface area contributed by atoms with Crippen LogP contribution < -0.4 is 5.32 Å². The lowest BCUT2D eigenvalue weighted by molar-refractivity contribution is 0.102. The molecule has 0 aliphatic heterocycles. The topological polar surface area (TPSA) is 59.3 Å². The summed E-state index contributed by atoms with van der Waals surface area (Å²) >= 11 is 0. The maximum absolute atomic E-state index is 12.5. The quantitative estimate of drug-likeness (QED) is 0.789. The van der Waals surface area contributed by atoms with Gasteiger partial charge in [-0.1, -0.05) is 17.7 Å². The summed E-state index contributed by atoms with van der Waals surface area (Å²) in [6, 6.07) is 7.87. The summed E-state index contributed by atoms with van der Waals surface area (Å²) in [5.41, 5.74) is 5.88. The van der Waals surface area contributed by atoms with Crippen LogP contribution in [-0.4, -0.2) is 20.5 Å².